The zero-order chi connectivity index (χ0) is 15.5. The Balaban J connectivity index is 2.00. The molecule has 1 aromatic heterocycles. The molecule has 120 valence electrons. The fraction of sp³-hybridized carbons (Fsp3) is 0.714. The summed E-state index contributed by atoms with van der Waals surface area (Å²) in [5.74, 6) is 0.177. The fourth-order valence-corrected chi connectivity index (χ4v) is 4.62. The first kappa shape index (κ1) is 16.9. The molecule has 1 aromatic rings. The lowest BCUT2D eigenvalue weighted by atomic mass is 10.1. The Morgan fingerprint density at radius 3 is 2.67 bits per heavy atom. The first-order valence-corrected chi connectivity index (χ1v) is 9.55. The Morgan fingerprint density at radius 1 is 1.38 bits per heavy atom. The molecule has 0 spiro atoms. The Morgan fingerprint density at radius 2 is 2.10 bits per heavy atom. The van der Waals surface area contributed by atoms with E-state index >= 15 is 0 Å². The van der Waals surface area contributed by atoms with Crippen molar-refractivity contribution in [3.05, 3.63) is 17.0 Å². The number of sulfonamides is 1. The third-order valence-electron chi connectivity index (χ3n) is 3.50. The van der Waals surface area contributed by atoms with E-state index in [2.05, 4.69) is 10.0 Å². The molecule has 0 bridgehead atoms. The SMILES string of the molecule is COCC(NS(=O)(=O)c1ccc(CNC2CC2)s1)C(C)C. The van der Waals surface area contributed by atoms with Crippen molar-refractivity contribution in [2.75, 3.05) is 13.7 Å². The van der Waals surface area contributed by atoms with Gasteiger partial charge in [-0.3, -0.25) is 0 Å². The van der Waals surface area contributed by atoms with Crippen LogP contribution in [0.25, 0.3) is 0 Å². The van der Waals surface area contributed by atoms with Gasteiger partial charge < -0.3 is 10.1 Å². The lowest BCUT2D eigenvalue weighted by Crippen LogP contribution is -2.41. The van der Waals surface area contributed by atoms with Crippen LogP contribution in [-0.4, -0.2) is 34.2 Å². The Labute approximate surface area is 131 Å². The van der Waals surface area contributed by atoms with E-state index in [4.69, 9.17) is 4.74 Å². The van der Waals surface area contributed by atoms with Crippen LogP contribution in [0.3, 0.4) is 0 Å². The fourth-order valence-electron chi connectivity index (χ4n) is 1.93. The molecule has 1 saturated carbocycles. The van der Waals surface area contributed by atoms with E-state index in [-0.39, 0.29) is 12.0 Å². The monoisotopic (exact) mass is 332 g/mol. The summed E-state index contributed by atoms with van der Waals surface area (Å²) in [5.41, 5.74) is 0. The topological polar surface area (TPSA) is 67.4 Å². The molecule has 1 heterocycles. The van der Waals surface area contributed by atoms with Gasteiger partial charge in [-0.15, -0.1) is 11.3 Å². The average Bonchev–Trinajstić information content (AvgIpc) is 3.11. The van der Waals surface area contributed by atoms with Gasteiger partial charge >= 0.3 is 0 Å². The molecule has 0 amide bonds. The molecule has 0 saturated heterocycles. The second kappa shape index (κ2) is 7.19. The van der Waals surface area contributed by atoms with Crippen LogP contribution in [0.4, 0.5) is 0 Å². The average molecular weight is 332 g/mol. The molecule has 0 aliphatic heterocycles. The maximum atomic E-state index is 12.4. The largest absolute Gasteiger partial charge is 0.383 e. The number of hydrogen-bond donors (Lipinski definition) is 2. The number of methoxy groups -OCH3 is 1. The van der Waals surface area contributed by atoms with Crippen molar-refractivity contribution >= 4 is 21.4 Å². The highest BCUT2D eigenvalue weighted by atomic mass is 32.2. The van der Waals surface area contributed by atoms with Crippen LogP contribution in [0.5, 0.6) is 0 Å². The van der Waals surface area contributed by atoms with Crippen LogP contribution in [0, 0.1) is 5.92 Å². The quantitative estimate of drug-likeness (QED) is 0.725. The molecule has 1 fully saturated rings. The van der Waals surface area contributed by atoms with Crippen LogP contribution in [0.1, 0.15) is 31.6 Å². The molecule has 1 atom stereocenters. The van der Waals surface area contributed by atoms with Crippen LogP contribution in [0.2, 0.25) is 0 Å². The van der Waals surface area contributed by atoms with Crippen molar-refractivity contribution in [3.8, 4) is 0 Å². The van der Waals surface area contributed by atoms with Crippen molar-refractivity contribution in [1.82, 2.24) is 10.0 Å². The highest BCUT2D eigenvalue weighted by Crippen LogP contribution is 2.24. The predicted molar refractivity (Wildman–Crippen MR) is 85.0 cm³/mol. The van der Waals surface area contributed by atoms with Crippen molar-refractivity contribution in [2.24, 2.45) is 5.92 Å². The molecule has 1 aliphatic rings. The summed E-state index contributed by atoms with van der Waals surface area (Å²) in [6.07, 6.45) is 2.45. The van der Waals surface area contributed by atoms with Crippen LogP contribution < -0.4 is 10.0 Å². The summed E-state index contributed by atoms with van der Waals surface area (Å²) in [5, 5.41) is 3.39. The van der Waals surface area contributed by atoms with E-state index in [1.807, 2.05) is 19.9 Å². The van der Waals surface area contributed by atoms with E-state index < -0.39 is 10.0 Å². The number of ether oxygens (including phenoxy) is 1. The minimum absolute atomic E-state index is 0.177. The van der Waals surface area contributed by atoms with Crippen molar-refractivity contribution in [2.45, 2.75) is 49.5 Å². The summed E-state index contributed by atoms with van der Waals surface area (Å²) < 4.78 is 33.0. The van der Waals surface area contributed by atoms with Crippen LogP contribution in [-0.2, 0) is 21.3 Å². The normalized spacial score (nSPS) is 17.3. The third kappa shape index (κ3) is 5.03. The van der Waals surface area contributed by atoms with Gasteiger partial charge in [0.2, 0.25) is 10.0 Å². The van der Waals surface area contributed by atoms with Gasteiger partial charge in [-0.05, 0) is 30.9 Å². The second-order valence-corrected chi connectivity index (χ2v) is 8.91. The Kier molecular flexibility index (Phi) is 5.79. The zero-order valence-electron chi connectivity index (χ0n) is 12.8. The van der Waals surface area contributed by atoms with Crippen molar-refractivity contribution < 1.29 is 13.2 Å². The lowest BCUT2D eigenvalue weighted by molar-refractivity contribution is 0.157. The molecule has 0 radical (unpaired) electrons. The summed E-state index contributed by atoms with van der Waals surface area (Å²) in [6, 6.07) is 3.98. The minimum Gasteiger partial charge on any atom is -0.383 e. The van der Waals surface area contributed by atoms with Gasteiger partial charge in [0.05, 0.1) is 6.61 Å². The van der Waals surface area contributed by atoms with Gasteiger partial charge in [-0.2, -0.15) is 0 Å². The molecular formula is C14H24N2O3S2. The number of rotatable bonds is 9. The van der Waals surface area contributed by atoms with E-state index in [1.54, 1.807) is 13.2 Å². The predicted octanol–water partition coefficient (Wildman–Crippen LogP) is 1.95. The molecular weight excluding hydrogens is 308 g/mol. The van der Waals surface area contributed by atoms with Gasteiger partial charge in [-0.25, -0.2) is 13.1 Å². The highest BCUT2D eigenvalue weighted by molar-refractivity contribution is 7.91. The molecule has 2 N–H and O–H groups in total. The molecule has 7 heteroatoms. The van der Waals surface area contributed by atoms with Gasteiger partial charge in [0, 0.05) is 30.6 Å². The maximum Gasteiger partial charge on any atom is 0.250 e. The van der Waals surface area contributed by atoms with Gasteiger partial charge in [0.1, 0.15) is 4.21 Å². The summed E-state index contributed by atoms with van der Waals surface area (Å²) >= 11 is 1.33. The highest BCUT2D eigenvalue weighted by Gasteiger charge is 2.24. The second-order valence-electron chi connectivity index (χ2n) is 5.80. The lowest BCUT2D eigenvalue weighted by Gasteiger charge is -2.20. The summed E-state index contributed by atoms with van der Waals surface area (Å²) in [6.45, 7) is 5.08. The molecule has 21 heavy (non-hydrogen) atoms. The van der Waals surface area contributed by atoms with Crippen LogP contribution >= 0.6 is 11.3 Å². The minimum atomic E-state index is -3.47. The van der Waals surface area contributed by atoms with E-state index in [0.29, 0.717) is 16.9 Å². The van der Waals surface area contributed by atoms with Gasteiger partial charge in [0.25, 0.3) is 0 Å². The maximum absolute atomic E-state index is 12.4. The number of nitrogens with one attached hydrogen (secondary N) is 2. The molecule has 2 rings (SSSR count). The van der Waals surface area contributed by atoms with Crippen molar-refractivity contribution in [1.29, 1.82) is 0 Å². The summed E-state index contributed by atoms with van der Waals surface area (Å²) in [7, 11) is -1.89. The van der Waals surface area contributed by atoms with E-state index in [0.717, 1.165) is 11.4 Å². The Bertz CT molecular complexity index is 550. The molecule has 1 aliphatic carbocycles. The van der Waals surface area contributed by atoms with E-state index in [9.17, 15) is 8.42 Å². The molecule has 0 aromatic carbocycles. The first-order valence-electron chi connectivity index (χ1n) is 7.25. The smallest absolute Gasteiger partial charge is 0.250 e. The molecule has 1 unspecified atom stereocenters. The zero-order valence-corrected chi connectivity index (χ0v) is 14.4. The van der Waals surface area contributed by atoms with E-state index in [1.165, 1.54) is 24.2 Å². The van der Waals surface area contributed by atoms with Crippen LogP contribution in [0.15, 0.2) is 16.3 Å². The third-order valence-corrected chi connectivity index (χ3v) is 6.57. The first-order chi connectivity index (χ1) is 9.92. The van der Waals surface area contributed by atoms with Crippen molar-refractivity contribution in [3.63, 3.8) is 0 Å². The summed E-state index contributed by atoms with van der Waals surface area (Å²) in [4.78, 5) is 1.05. The standard InChI is InChI=1S/C14H24N2O3S2/c1-10(2)13(9-19-3)16-21(17,18)14-7-6-12(20-14)8-15-11-4-5-11/h6-7,10-11,13,15-16H,4-5,8-9H2,1-3H3. The molecule has 5 nitrogen and oxygen atoms in total. The number of hydrogen-bond acceptors (Lipinski definition) is 5. The van der Waals surface area contributed by atoms with Gasteiger partial charge in [0.15, 0.2) is 0 Å². The Hall–Kier alpha value is -0.470. The number of thiophene rings is 1. The van der Waals surface area contributed by atoms with Gasteiger partial charge in [-0.1, -0.05) is 13.8 Å².